The fourth-order valence-electron chi connectivity index (χ4n) is 2.18. The number of carbonyl (C=O) groups is 2. The van der Waals surface area contributed by atoms with Crippen molar-refractivity contribution in [3.05, 3.63) is 6.33 Å². The molecule has 2 atom stereocenters. The molecule has 1 aromatic rings. The topological polar surface area (TPSA) is 97.1 Å². The number of rotatable bonds is 3. The summed E-state index contributed by atoms with van der Waals surface area (Å²) in [6.45, 7) is 0. The molecule has 0 radical (unpaired) electrons. The van der Waals surface area contributed by atoms with E-state index in [0.717, 1.165) is 6.42 Å². The Labute approximate surface area is 97.8 Å². The van der Waals surface area contributed by atoms with Crippen LogP contribution in [0.5, 0.6) is 0 Å². The molecule has 7 nitrogen and oxygen atoms in total. The van der Waals surface area contributed by atoms with Gasteiger partial charge in [0.15, 0.2) is 0 Å². The Bertz CT molecular complexity index is 443. The van der Waals surface area contributed by atoms with Gasteiger partial charge in [0.1, 0.15) is 6.33 Å². The molecule has 0 saturated heterocycles. The van der Waals surface area contributed by atoms with Crippen LogP contribution < -0.4 is 5.32 Å². The van der Waals surface area contributed by atoms with Crippen LogP contribution in [0.4, 0.5) is 5.95 Å². The third-order valence-corrected chi connectivity index (χ3v) is 3.12. The maximum Gasteiger partial charge on any atom is 0.307 e. The number of aryl methyl sites for hydroxylation is 1. The van der Waals surface area contributed by atoms with Crippen molar-refractivity contribution >= 4 is 17.8 Å². The fourth-order valence-corrected chi connectivity index (χ4v) is 2.18. The average molecular weight is 238 g/mol. The van der Waals surface area contributed by atoms with E-state index in [1.807, 2.05) is 0 Å². The summed E-state index contributed by atoms with van der Waals surface area (Å²) in [6, 6.07) is 0. The smallest absolute Gasteiger partial charge is 0.307 e. The number of carboxylic acids is 1. The summed E-state index contributed by atoms with van der Waals surface area (Å²) in [7, 11) is 1.66. The van der Waals surface area contributed by atoms with Gasteiger partial charge in [-0.1, -0.05) is 6.42 Å². The minimum atomic E-state index is -0.902. The Kier molecular flexibility index (Phi) is 3.08. The first-order chi connectivity index (χ1) is 8.09. The molecule has 1 heterocycles. The summed E-state index contributed by atoms with van der Waals surface area (Å²) < 4.78 is 1.43. The van der Waals surface area contributed by atoms with E-state index in [0.29, 0.717) is 18.8 Å². The average Bonchev–Trinajstić information content (AvgIpc) is 2.87. The molecule has 2 N–H and O–H groups in total. The van der Waals surface area contributed by atoms with Gasteiger partial charge in [0, 0.05) is 7.05 Å². The molecule has 0 spiro atoms. The van der Waals surface area contributed by atoms with Crippen LogP contribution >= 0.6 is 0 Å². The predicted octanol–water partition coefficient (Wildman–Crippen LogP) is 0.254. The molecule has 1 aromatic heterocycles. The molecule has 0 aromatic carbocycles. The van der Waals surface area contributed by atoms with Crippen molar-refractivity contribution in [1.29, 1.82) is 0 Å². The number of carbonyl (C=O) groups excluding carboxylic acids is 1. The van der Waals surface area contributed by atoms with E-state index in [1.165, 1.54) is 11.0 Å². The van der Waals surface area contributed by atoms with Crippen molar-refractivity contribution in [2.75, 3.05) is 5.32 Å². The first-order valence-corrected chi connectivity index (χ1v) is 5.47. The SMILES string of the molecule is Cn1ncnc1NC(=O)[C@@H]1CCC[C@@H]1C(=O)O. The normalized spacial score (nSPS) is 23.6. The lowest BCUT2D eigenvalue weighted by Gasteiger charge is -2.14. The minimum Gasteiger partial charge on any atom is -0.481 e. The number of aliphatic carboxylic acids is 1. The largest absolute Gasteiger partial charge is 0.481 e. The zero-order chi connectivity index (χ0) is 12.4. The fraction of sp³-hybridized carbons (Fsp3) is 0.600. The zero-order valence-electron chi connectivity index (χ0n) is 9.46. The number of hydrogen-bond acceptors (Lipinski definition) is 4. The van der Waals surface area contributed by atoms with Gasteiger partial charge in [-0.15, -0.1) is 0 Å². The van der Waals surface area contributed by atoms with Crippen LogP contribution in [-0.2, 0) is 16.6 Å². The van der Waals surface area contributed by atoms with E-state index in [2.05, 4.69) is 15.4 Å². The van der Waals surface area contributed by atoms with Gasteiger partial charge in [0.05, 0.1) is 11.8 Å². The summed E-state index contributed by atoms with van der Waals surface area (Å²) in [5.74, 6) is -1.90. The minimum absolute atomic E-state index is 0.286. The number of nitrogens with zero attached hydrogens (tertiary/aromatic N) is 3. The van der Waals surface area contributed by atoms with E-state index in [-0.39, 0.29) is 5.91 Å². The molecule has 1 saturated carbocycles. The molecule has 17 heavy (non-hydrogen) atoms. The van der Waals surface area contributed by atoms with Crippen LogP contribution in [0.15, 0.2) is 6.33 Å². The van der Waals surface area contributed by atoms with Crippen LogP contribution in [-0.4, -0.2) is 31.7 Å². The van der Waals surface area contributed by atoms with Gasteiger partial charge in [-0.2, -0.15) is 10.1 Å². The number of amides is 1. The van der Waals surface area contributed by atoms with E-state index < -0.39 is 17.8 Å². The molecule has 1 aliphatic rings. The highest BCUT2D eigenvalue weighted by atomic mass is 16.4. The summed E-state index contributed by atoms with van der Waals surface area (Å²) in [4.78, 5) is 26.8. The lowest BCUT2D eigenvalue weighted by Crippen LogP contribution is -2.30. The first-order valence-electron chi connectivity index (χ1n) is 5.47. The molecule has 92 valence electrons. The number of carboxylic acid groups (broad SMARTS) is 1. The van der Waals surface area contributed by atoms with Gasteiger partial charge in [0.2, 0.25) is 11.9 Å². The quantitative estimate of drug-likeness (QED) is 0.787. The molecular weight excluding hydrogens is 224 g/mol. The molecule has 2 rings (SSSR count). The van der Waals surface area contributed by atoms with Gasteiger partial charge in [-0.05, 0) is 12.8 Å². The summed E-state index contributed by atoms with van der Waals surface area (Å²) in [6.07, 6.45) is 3.28. The van der Waals surface area contributed by atoms with Crippen molar-refractivity contribution in [2.45, 2.75) is 19.3 Å². The molecular formula is C10H14N4O3. The Morgan fingerprint density at radius 1 is 1.47 bits per heavy atom. The van der Waals surface area contributed by atoms with Crippen molar-refractivity contribution in [3.8, 4) is 0 Å². The Hall–Kier alpha value is -1.92. The second-order valence-corrected chi connectivity index (χ2v) is 4.18. The van der Waals surface area contributed by atoms with E-state index in [4.69, 9.17) is 5.11 Å². The van der Waals surface area contributed by atoms with E-state index in [1.54, 1.807) is 7.05 Å². The van der Waals surface area contributed by atoms with Crippen LogP contribution in [0.3, 0.4) is 0 Å². The maximum absolute atomic E-state index is 11.9. The standard InChI is InChI=1S/C10H14N4O3/c1-14-10(11-5-12-14)13-8(15)6-3-2-4-7(6)9(16)17/h5-7H,2-4H2,1H3,(H,16,17)(H,11,12,13,15)/t6-,7+/m1/s1. The highest BCUT2D eigenvalue weighted by Gasteiger charge is 2.38. The highest BCUT2D eigenvalue weighted by Crippen LogP contribution is 2.32. The van der Waals surface area contributed by atoms with E-state index in [9.17, 15) is 9.59 Å². The number of hydrogen-bond donors (Lipinski definition) is 2. The van der Waals surface area contributed by atoms with Gasteiger partial charge in [-0.3, -0.25) is 14.9 Å². The number of nitrogens with one attached hydrogen (secondary N) is 1. The highest BCUT2D eigenvalue weighted by molar-refractivity contribution is 5.94. The number of aromatic nitrogens is 3. The molecule has 0 bridgehead atoms. The molecule has 1 amide bonds. The Balaban J connectivity index is 2.05. The second-order valence-electron chi connectivity index (χ2n) is 4.18. The monoisotopic (exact) mass is 238 g/mol. The Morgan fingerprint density at radius 2 is 2.18 bits per heavy atom. The second kappa shape index (κ2) is 4.52. The molecule has 0 unspecified atom stereocenters. The van der Waals surface area contributed by atoms with Gasteiger partial charge in [-0.25, -0.2) is 4.68 Å². The van der Waals surface area contributed by atoms with Gasteiger partial charge in [0.25, 0.3) is 0 Å². The van der Waals surface area contributed by atoms with Crippen molar-refractivity contribution in [3.63, 3.8) is 0 Å². The van der Waals surface area contributed by atoms with Crippen molar-refractivity contribution in [2.24, 2.45) is 18.9 Å². The maximum atomic E-state index is 11.9. The lowest BCUT2D eigenvalue weighted by atomic mass is 9.95. The number of anilines is 1. The third kappa shape index (κ3) is 2.27. The van der Waals surface area contributed by atoms with Gasteiger partial charge < -0.3 is 5.11 Å². The zero-order valence-corrected chi connectivity index (χ0v) is 9.46. The lowest BCUT2D eigenvalue weighted by molar-refractivity contribution is -0.145. The van der Waals surface area contributed by atoms with Crippen LogP contribution in [0.1, 0.15) is 19.3 Å². The van der Waals surface area contributed by atoms with E-state index >= 15 is 0 Å². The Morgan fingerprint density at radius 3 is 2.76 bits per heavy atom. The molecule has 1 aliphatic carbocycles. The first kappa shape index (κ1) is 11.6. The molecule has 0 aliphatic heterocycles. The summed E-state index contributed by atoms with van der Waals surface area (Å²) in [5, 5.41) is 15.4. The third-order valence-electron chi connectivity index (χ3n) is 3.12. The van der Waals surface area contributed by atoms with Crippen molar-refractivity contribution in [1.82, 2.24) is 14.8 Å². The van der Waals surface area contributed by atoms with Crippen molar-refractivity contribution < 1.29 is 14.7 Å². The summed E-state index contributed by atoms with van der Waals surface area (Å²) in [5.41, 5.74) is 0. The van der Waals surface area contributed by atoms with Crippen LogP contribution in [0, 0.1) is 11.8 Å². The van der Waals surface area contributed by atoms with Gasteiger partial charge >= 0.3 is 5.97 Å². The summed E-state index contributed by atoms with van der Waals surface area (Å²) >= 11 is 0. The predicted molar refractivity (Wildman–Crippen MR) is 58.1 cm³/mol. The molecule has 1 fully saturated rings. The molecule has 7 heteroatoms. The van der Waals surface area contributed by atoms with Crippen LogP contribution in [0.25, 0.3) is 0 Å². The van der Waals surface area contributed by atoms with Crippen LogP contribution in [0.2, 0.25) is 0 Å².